The Balaban J connectivity index is 2.24. The van der Waals surface area contributed by atoms with E-state index in [0.29, 0.717) is 13.0 Å². The molecule has 0 saturated carbocycles. The molecule has 0 amide bonds. The van der Waals surface area contributed by atoms with Crippen LogP contribution in [0, 0.1) is 0 Å². The quantitative estimate of drug-likeness (QED) is 0.0268. The summed E-state index contributed by atoms with van der Waals surface area (Å²) in [4.78, 5) is 12.8. The zero-order valence-electron chi connectivity index (χ0n) is 40.2. The molecule has 0 bridgehead atoms. The predicted molar refractivity (Wildman–Crippen MR) is 265 cm³/mol. The molecule has 0 aliphatic carbocycles. The molecule has 9 nitrogen and oxygen atoms in total. The largest absolute Gasteiger partial charge is 0.457 e. The van der Waals surface area contributed by atoms with Crippen molar-refractivity contribution in [2.24, 2.45) is 0 Å². The van der Waals surface area contributed by atoms with Crippen LogP contribution in [0.2, 0.25) is 0 Å². The van der Waals surface area contributed by atoms with Gasteiger partial charge in [-0.05, 0) is 89.9 Å². The number of unbranched alkanes of at least 4 members (excludes halogenated alkanes) is 15. The summed E-state index contributed by atoms with van der Waals surface area (Å²) >= 11 is 0. The Bertz CT molecular complexity index is 1300. The van der Waals surface area contributed by atoms with Crippen molar-refractivity contribution in [1.82, 2.24) is 0 Å². The molecule has 1 aliphatic rings. The summed E-state index contributed by atoms with van der Waals surface area (Å²) < 4.78 is 22.9. The van der Waals surface area contributed by atoms with Gasteiger partial charge in [0.15, 0.2) is 6.29 Å². The monoisotopic (exact) mass is 897 g/mol. The first-order valence-corrected chi connectivity index (χ1v) is 25.3. The SMILES string of the molecule is CC/C=C\C/C=C\C/C=C\C/C=C\CCCCCCCCCCC(=O)OC(COCCCCCCCCC/C=C\C/C=C\C/C=C\C/C=C\CC)COC1OC(CO)C(O)C(O)C1O. The lowest BCUT2D eigenvalue weighted by molar-refractivity contribution is -0.305. The molecule has 4 N–H and O–H groups in total. The molecule has 0 radical (unpaired) electrons. The fraction of sp³-hybridized carbons (Fsp3) is 0.691. The maximum Gasteiger partial charge on any atom is 0.306 e. The van der Waals surface area contributed by atoms with Crippen molar-refractivity contribution in [3.8, 4) is 0 Å². The molecule has 6 unspecified atom stereocenters. The summed E-state index contributed by atoms with van der Waals surface area (Å²) in [5.41, 5.74) is 0. The normalized spacial score (nSPS) is 20.4. The van der Waals surface area contributed by atoms with Crippen molar-refractivity contribution >= 4 is 5.97 Å². The molecular weight excluding hydrogens is 805 g/mol. The van der Waals surface area contributed by atoms with E-state index in [2.05, 4.69) is 111 Å². The summed E-state index contributed by atoms with van der Waals surface area (Å²) in [5.74, 6) is -0.330. The van der Waals surface area contributed by atoms with Crippen LogP contribution in [0.4, 0.5) is 0 Å². The number of carbonyl (C=O) groups is 1. The summed E-state index contributed by atoms with van der Waals surface area (Å²) in [6, 6.07) is 0. The van der Waals surface area contributed by atoms with E-state index in [1.807, 2.05) is 0 Å². The fourth-order valence-electron chi connectivity index (χ4n) is 7.12. The molecule has 1 aliphatic heterocycles. The van der Waals surface area contributed by atoms with Gasteiger partial charge in [-0.2, -0.15) is 0 Å². The van der Waals surface area contributed by atoms with Crippen LogP contribution in [0.5, 0.6) is 0 Å². The van der Waals surface area contributed by atoms with E-state index in [-0.39, 0.29) is 19.2 Å². The molecule has 0 aromatic carbocycles. The van der Waals surface area contributed by atoms with Gasteiger partial charge in [0, 0.05) is 13.0 Å². The topological polar surface area (TPSA) is 135 Å². The average molecular weight is 897 g/mol. The van der Waals surface area contributed by atoms with Crippen molar-refractivity contribution in [2.75, 3.05) is 26.4 Å². The summed E-state index contributed by atoms with van der Waals surface area (Å²) in [6.45, 7) is 4.29. The van der Waals surface area contributed by atoms with Gasteiger partial charge >= 0.3 is 5.97 Å². The third kappa shape index (κ3) is 35.4. The number of esters is 1. The first kappa shape index (κ1) is 59.1. The number of hydrogen-bond acceptors (Lipinski definition) is 9. The maximum absolute atomic E-state index is 12.8. The summed E-state index contributed by atoms with van der Waals surface area (Å²) in [6.07, 6.45) is 55.7. The second-order valence-electron chi connectivity index (χ2n) is 16.8. The van der Waals surface area contributed by atoms with Gasteiger partial charge < -0.3 is 39.4 Å². The first-order valence-electron chi connectivity index (χ1n) is 25.3. The highest BCUT2D eigenvalue weighted by Crippen LogP contribution is 2.22. The van der Waals surface area contributed by atoms with E-state index >= 15 is 0 Å². The lowest BCUT2D eigenvalue weighted by Crippen LogP contribution is -2.59. The standard InChI is InChI=1S/C55H92O9/c1-3-5-7-9-11-13-15-17-19-21-23-25-26-28-30-32-34-36-38-40-42-44-51(57)63-49(48-62-55-54(60)53(59)52(58)50(46-56)64-55)47-61-45-43-41-39-37-35-33-31-29-27-24-22-20-18-16-14-12-10-8-6-4-2/h5-8,11-14,17-20,23-25,27,49-50,52-56,58-60H,3-4,9-10,15-16,21-22,26,28-48H2,1-2H3/b7-5-,8-6-,13-11-,14-12-,19-17-,20-18-,25-23-,27-24-. The van der Waals surface area contributed by atoms with Crippen molar-refractivity contribution in [1.29, 1.82) is 0 Å². The van der Waals surface area contributed by atoms with Gasteiger partial charge in [-0.15, -0.1) is 0 Å². The highest BCUT2D eigenvalue weighted by atomic mass is 16.7. The molecule has 1 heterocycles. The Morgan fingerprint density at radius 2 is 0.906 bits per heavy atom. The van der Waals surface area contributed by atoms with E-state index in [1.54, 1.807) is 0 Å². The van der Waals surface area contributed by atoms with Gasteiger partial charge in [0.25, 0.3) is 0 Å². The number of aliphatic hydroxyl groups is 4. The predicted octanol–water partition coefficient (Wildman–Crippen LogP) is 12.4. The Morgan fingerprint density at radius 1 is 0.500 bits per heavy atom. The number of ether oxygens (including phenoxy) is 4. The van der Waals surface area contributed by atoms with E-state index in [1.165, 1.54) is 51.4 Å². The Kier molecular flexibility index (Phi) is 41.8. The number of carbonyl (C=O) groups excluding carboxylic acids is 1. The minimum absolute atomic E-state index is 0.127. The van der Waals surface area contributed by atoms with Crippen LogP contribution in [0.3, 0.4) is 0 Å². The Labute approximate surface area is 390 Å². The molecule has 0 aromatic rings. The van der Waals surface area contributed by atoms with Crippen molar-refractivity contribution < 1.29 is 44.2 Å². The summed E-state index contributed by atoms with van der Waals surface area (Å²) in [5, 5.41) is 40.3. The minimum Gasteiger partial charge on any atom is -0.457 e. The number of rotatable bonds is 42. The molecule has 0 aromatic heterocycles. The first-order chi connectivity index (χ1) is 31.4. The van der Waals surface area contributed by atoms with Crippen LogP contribution in [0.1, 0.15) is 181 Å². The van der Waals surface area contributed by atoms with Crippen molar-refractivity contribution in [2.45, 2.75) is 218 Å². The molecule has 9 heteroatoms. The van der Waals surface area contributed by atoms with Gasteiger partial charge in [-0.3, -0.25) is 4.79 Å². The van der Waals surface area contributed by atoms with E-state index in [9.17, 15) is 25.2 Å². The van der Waals surface area contributed by atoms with E-state index in [0.717, 1.165) is 109 Å². The third-order valence-corrected chi connectivity index (χ3v) is 11.0. The van der Waals surface area contributed by atoms with Gasteiger partial charge in [0.1, 0.15) is 30.5 Å². The zero-order chi connectivity index (χ0) is 46.4. The van der Waals surface area contributed by atoms with Crippen LogP contribution >= 0.6 is 0 Å². The Hall–Kier alpha value is -2.89. The number of allylic oxidation sites excluding steroid dienone is 16. The average Bonchev–Trinajstić information content (AvgIpc) is 3.30. The zero-order valence-corrected chi connectivity index (χ0v) is 40.2. The van der Waals surface area contributed by atoms with E-state index < -0.39 is 43.4 Å². The van der Waals surface area contributed by atoms with Crippen LogP contribution in [-0.2, 0) is 23.7 Å². The van der Waals surface area contributed by atoms with Gasteiger partial charge in [0.2, 0.25) is 0 Å². The van der Waals surface area contributed by atoms with Gasteiger partial charge in [-0.1, -0.05) is 182 Å². The minimum atomic E-state index is -1.55. The lowest BCUT2D eigenvalue weighted by atomic mass is 9.99. The molecule has 1 rings (SSSR count). The van der Waals surface area contributed by atoms with Crippen molar-refractivity contribution in [3.05, 3.63) is 97.2 Å². The maximum atomic E-state index is 12.8. The fourth-order valence-corrected chi connectivity index (χ4v) is 7.12. The molecular formula is C55H92O9. The van der Waals surface area contributed by atoms with Crippen LogP contribution in [0.15, 0.2) is 97.2 Å². The van der Waals surface area contributed by atoms with E-state index in [4.69, 9.17) is 18.9 Å². The summed E-state index contributed by atoms with van der Waals surface area (Å²) in [7, 11) is 0. The molecule has 64 heavy (non-hydrogen) atoms. The smallest absolute Gasteiger partial charge is 0.306 e. The molecule has 366 valence electrons. The highest BCUT2D eigenvalue weighted by Gasteiger charge is 2.44. The number of hydrogen-bond donors (Lipinski definition) is 4. The lowest BCUT2D eigenvalue weighted by Gasteiger charge is -2.39. The van der Waals surface area contributed by atoms with Gasteiger partial charge in [0.05, 0.1) is 19.8 Å². The van der Waals surface area contributed by atoms with Crippen LogP contribution in [0.25, 0.3) is 0 Å². The highest BCUT2D eigenvalue weighted by molar-refractivity contribution is 5.69. The second kappa shape index (κ2) is 45.3. The number of aliphatic hydroxyl groups excluding tert-OH is 4. The Morgan fingerprint density at radius 3 is 1.36 bits per heavy atom. The van der Waals surface area contributed by atoms with Gasteiger partial charge in [-0.25, -0.2) is 0 Å². The molecule has 1 saturated heterocycles. The van der Waals surface area contributed by atoms with Crippen molar-refractivity contribution in [3.63, 3.8) is 0 Å². The van der Waals surface area contributed by atoms with Crippen LogP contribution in [-0.4, -0.2) is 89.6 Å². The van der Waals surface area contributed by atoms with Crippen LogP contribution < -0.4 is 0 Å². The molecule has 6 atom stereocenters. The third-order valence-electron chi connectivity index (χ3n) is 11.0. The molecule has 0 spiro atoms. The second-order valence-corrected chi connectivity index (χ2v) is 16.8. The molecule has 1 fully saturated rings.